The number of unbranched alkanes of at least 4 members (excludes halogenated alkanes) is 1. The van der Waals surface area contributed by atoms with Crippen molar-refractivity contribution in [2.24, 2.45) is 16.6 Å². The third-order valence-corrected chi connectivity index (χ3v) is 3.16. The molecule has 0 saturated heterocycles. The largest absolute Gasteiger partial charge is 0.481 e. The summed E-state index contributed by atoms with van der Waals surface area (Å²) in [6.07, 6.45) is 6.43. The molecule has 0 bridgehead atoms. The Morgan fingerprint density at radius 1 is 1.62 bits per heavy atom. The molecule has 0 aromatic heterocycles. The van der Waals surface area contributed by atoms with Gasteiger partial charge in [-0.15, -0.1) is 0 Å². The highest BCUT2D eigenvalue weighted by Crippen LogP contribution is 2.23. The molecule has 0 aliphatic carbocycles. The van der Waals surface area contributed by atoms with Crippen LogP contribution in [0.25, 0.3) is 0 Å². The average Bonchev–Trinajstić information content (AvgIpc) is 2.43. The summed E-state index contributed by atoms with van der Waals surface area (Å²) in [4.78, 5) is 15.6. The highest BCUT2D eigenvalue weighted by Gasteiger charge is 2.28. The summed E-state index contributed by atoms with van der Waals surface area (Å²) in [5, 5.41) is 9.22. The van der Waals surface area contributed by atoms with E-state index in [-0.39, 0.29) is 12.0 Å². The van der Waals surface area contributed by atoms with E-state index in [2.05, 4.69) is 11.9 Å². The van der Waals surface area contributed by atoms with Crippen molar-refractivity contribution in [1.82, 2.24) is 0 Å². The van der Waals surface area contributed by atoms with E-state index in [0.29, 0.717) is 12.3 Å². The zero-order valence-corrected chi connectivity index (χ0v) is 9.98. The monoisotopic (exact) mass is 226 g/mol. The summed E-state index contributed by atoms with van der Waals surface area (Å²) in [6.45, 7) is 2.07. The fourth-order valence-electron chi connectivity index (χ4n) is 2.20. The van der Waals surface area contributed by atoms with Gasteiger partial charge in [0.05, 0.1) is 17.8 Å². The van der Waals surface area contributed by atoms with Gasteiger partial charge in [0.15, 0.2) is 0 Å². The minimum Gasteiger partial charge on any atom is -0.481 e. The molecule has 1 aliphatic rings. The molecule has 16 heavy (non-hydrogen) atoms. The van der Waals surface area contributed by atoms with Gasteiger partial charge in [0, 0.05) is 6.42 Å². The van der Waals surface area contributed by atoms with Crippen LogP contribution in [0.5, 0.6) is 0 Å². The molecule has 4 heteroatoms. The lowest BCUT2D eigenvalue weighted by molar-refractivity contribution is -0.142. The first kappa shape index (κ1) is 13.0. The molecular weight excluding hydrogens is 204 g/mol. The van der Waals surface area contributed by atoms with Crippen molar-refractivity contribution in [1.29, 1.82) is 0 Å². The van der Waals surface area contributed by atoms with Gasteiger partial charge in [0.2, 0.25) is 0 Å². The number of carboxylic acids is 1. The van der Waals surface area contributed by atoms with Gasteiger partial charge < -0.3 is 10.8 Å². The van der Waals surface area contributed by atoms with E-state index in [1.54, 1.807) is 0 Å². The van der Waals surface area contributed by atoms with Gasteiger partial charge in [-0.1, -0.05) is 26.2 Å². The third-order valence-electron chi connectivity index (χ3n) is 3.16. The number of nitrogens with two attached hydrogens (primary N) is 1. The summed E-state index contributed by atoms with van der Waals surface area (Å²) in [7, 11) is 0. The molecule has 0 amide bonds. The zero-order valence-electron chi connectivity index (χ0n) is 9.98. The van der Waals surface area contributed by atoms with Crippen LogP contribution in [-0.4, -0.2) is 23.0 Å². The van der Waals surface area contributed by atoms with Crippen molar-refractivity contribution in [3.05, 3.63) is 0 Å². The van der Waals surface area contributed by atoms with Crippen LogP contribution < -0.4 is 5.73 Å². The lowest BCUT2D eigenvalue weighted by Crippen LogP contribution is -2.28. The maximum Gasteiger partial charge on any atom is 0.308 e. The highest BCUT2D eigenvalue weighted by molar-refractivity contribution is 5.81. The Balaban J connectivity index is 2.67. The van der Waals surface area contributed by atoms with E-state index in [1.807, 2.05) is 0 Å². The lowest BCUT2D eigenvalue weighted by atomic mass is 9.91. The summed E-state index contributed by atoms with van der Waals surface area (Å²) in [6, 6.07) is -0.105. The van der Waals surface area contributed by atoms with Crippen molar-refractivity contribution in [2.75, 3.05) is 0 Å². The van der Waals surface area contributed by atoms with Crippen LogP contribution in [0.4, 0.5) is 0 Å². The molecule has 2 atom stereocenters. The molecule has 2 unspecified atom stereocenters. The number of aliphatic carboxylic acids is 1. The van der Waals surface area contributed by atoms with Gasteiger partial charge in [-0.25, -0.2) is 0 Å². The summed E-state index contributed by atoms with van der Waals surface area (Å²) >= 11 is 0. The number of aliphatic imine (C=N–C) groups is 1. The van der Waals surface area contributed by atoms with Gasteiger partial charge >= 0.3 is 5.97 Å². The van der Waals surface area contributed by atoms with Gasteiger partial charge in [0.25, 0.3) is 0 Å². The maximum absolute atomic E-state index is 11.2. The first-order chi connectivity index (χ1) is 7.65. The standard InChI is InChI=1S/C12H22N2O2/c1-2-3-6-9(12(15)16)10-7-4-5-8-11(13)14-10/h9-10H,2-8H2,1H3,(H2,13,14)(H,15,16). The molecule has 4 nitrogen and oxygen atoms in total. The Hall–Kier alpha value is -1.06. The van der Waals surface area contributed by atoms with Crippen LogP contribution in [-0.2, 0) is 4.79 Å². The smallest absolute Gasteiger partial charge is 0.308 e. The molecule has 3 N–H and O–H groups in total. The predicted octanol–water partition coefficient (Wildman–Crippen LogP) is 2.18. The molecule has 0 fully saturated rings. The van der Waals surface area contributed by atoms with Crippen molar-refractivity contribution < 1.29 is 9.90 Å². The summed E-state index contributed by atoms with van der Waals surface area (Å²) in [5.41, 5.74) is 5.75. The molecule has 92 valence electrons. The van der Waals surface area contributed by atoms with Crippen molar-refractivity contribution in [3.63, 3.8) is 0 Å². The van der Waals surface area contributed by atoms with E-state index < -0.39 is 5.97 Å². The second-order valence-electron chi connectivity index (χ2n) is 4.52. The van der Waals surface area contributed by atoms with Crippen molar-refractivity contribution in [3.8, 4) is 0 Å². The lowest BCUT2D eigenvalue weighted by Gasteiger charge is -2.19. The van der Waals surface area contributed by atoms with Crippen molar-refractivity contribution >= 4 is 11.8 Å². The number of hydrogen-bond donors (Lipinski definition) is 2. The molecular formula is C12H22N2O2. The summed E-state index contributed by atoms with van der Waals surface area (Å²) < 4.78 is 0. The number of carbonyl (C=O) groups is 1. The van der Waals surface area contributed by atoms with E-state index >= 15 is 0 Å². The number of nitrogens with zero attached hydrogens (tertiary/aromatic N) is 1. The van der Waals surface area contributed by atoms with Crippen LogP contribution in [0.15, 0.2) is 4.99 Å². The fourth-order valence-corrected chi connectivity index (χ4v) is 2.20. The average molecular weight is 226 g/mol. The van der Waals surface area contributed by atoms with Crippen LogP contribution >= 0.6 is 0 Å². The topological polar surface area (TPSA) is 75.7 Å². The molecule has 0 saturated carbocycles. The molecule has 1 heterocycles. The van der Waals surface area contributed by atoms with Crippen LogP contribution in [0.3, 0.4) is 0 Å². The molecule has 0 spiro atoms. The second-order valence-corrected chi connectivity index (χ2v) is 4.52. The highest BCUT2D eigenvalue weighted by atomic mass is 16.4. The Bertz CT molecular complexity index is 264. The quantitative estimate of drug-likeness (QED) is 0.754. The van der Waals surface area contributed by atoms with Crippen LogP contribution in [0, 0.1) is 5.92 Å². The first-order valence-corrected chi connectivity index (χ1v) is 6.20. The Labute approximate surface area is 96.9 Å². The number of rotatable bonds is 5. The first-order valence-electron chi connectivity index (χ1n) is 6.20. The summed E-state index contributed by atoms with van der Waals surface area (Å²) in [5.74, 6) is -0.446. The third kappa shape index (κ3) is 3.83. The van der Waals surface area contributed by atoms with Gasteiger partial charge in [0.1, 0.15) is 0 Å². The van der Waals surface area contributed by atoms with Crippen LogP contribution in [0.1, 0.15) is 51.9 Å². The number of hydrogen-bond acceptors (Lipinski definition) is 3. The Morgan fingerprint density at radius 2 is 2.38 bits per heavy atom. The number of carboxylic acid groups (broad SMARTS) is 1. The van der Waals surface area contributed by atoms with Crippen LogP contribution in [0.2, 0.25) is 0 Å². The van der Waals surface area contributed by atoms with Gasteiger partial charge in [-0.05, 0) is 19.3 Å². The minimum absolute atomic E-state index is 0.105. The fraction of sp³-hybridized carbons (Fsp3) is 0.833. The molecule has 0 aromatic carbocycles. The van der Waals surface area contributed by atoms with E-state index in [1.165, 1.54) is 0 Å². The minimum atomic E-state index is -0.725. The Morgan fingerprint density at radius 3 is 3.00 bits per heavy atom. The molecule has 1 aliphatic heterocycles. The van der Waals surface area contributed by atoms with Crippen molar-refractivity contribution in [2.45, 2.75) is 57.9 Å². The zero-order chi connectivity index (χ0) is 12.0. The molecule has 1 rings (SSSR count). The molecule has 0 aromatic rings. The van der Waals surface area contributed by atoms with Gasteiger partial charge in [-0.2, -0.15) is 0 Å². The van der Waals surface area contributed by atoms with Gasteiger partial charge in [-0.3, -0.25) is 9.79 Å². The van der Waals surface area contributed by atoms with E-state index in [4.69, 9.17) is 5.73 Å². The van der Waals surface area contributed by atoms with E-state index in [9.17, 15) is 9.90 Å². The predicted molar refractivity (Wildman–Crippen MR) is 64.5 cm³/mol. The number of amidine groups is 1. The molecule has 0 radical (unpaired) electrons. The second kappa shape index (κ2) is 6.51. The Kier molecular flexibility index (Phi) is 5.29. The maximum atomic E-state index is 11.2. The SMILES string of the molecule is CCCCC(C(=O)O)C1CCCCC(N)=N1. The van der Waals surface area contributed by atoms with E-state index in [0.717, 1.165) is 38.5 Å². The normalized spacial score (nSPS) is 23.3.